The highest BCUT2D eigenvalue weighted by Gasteiger charge is 2.27. The number of carbonyl (C=O) groups excluding carboxylic acids is 1. The van der Waals surface area contributed by atoms with Gasteiger partial charge in [0.25, 0.3) is 0 Å². The van der Waals surface area contributed by atoms with Crippen molar-refractivity contribution in [2.24, 2.45) is 0 Å². The van der Waals surface area contributed by atoms with Crippen molar-refractivity contribution in [2.45, 2.75) is 129 Å². The first kappa shape index (κ1) is 34.1. The molecule has 0 bridgehead atoms. The van der Waals surface area contributed by atoms with E-state index in [0.717, 1.165) is 12.8 Å². The van der Waals surface area contributed by atoms with Crippen LogP contribution in [0.15, 0.2) is 12.2 Å². The second kappa shape index (κ2) is 23.5. The summed E-state index contributed by atoms with van der Waals surface area (Å²) in [5.41, 5.74) is 0. The number of quaternary nitrogens is 1. The number of aliphatic carboxylic acids is 3. The van der Waals surface area contributed by atoms with Crippen molar-refractivity contribution in [3.8, 4) is 0 Å². The molecule has 0 saturated heterocycles. The first-order valence-corrected chi connectivity index (χ1v) is 14.4. The van der Waals surface area contributed by atoms with Crippen LogP contribution in [0, 0.1) is 0 Å². The second-order valence-corrected chi connectivity index (χ2v) is 10.3. The summed E-state index contributed by atoms with van der Waals surface area (Å²) in [7, 11) is 0. The lowest BCUT2D eigenvalue weighted by molar-refractivity contribution is -0.921. The third-order valence-corrected chi connectivity index (χ3v) is 7.02. The molecular formula is C29H53NO6. The number of nitrogens with zero attached hydrogens (tertiary/aromatic N) is 1. The van der Waals surface area contributed by atoms with Crippen LogP contribution in [-0.2, 0) is 14.4 Å². The van der Waals surface area contributed by atoms with Gasteiger partial charge < -0.3 is 24.6 Å². The smallest absolute Gasteiger partial charge is 0.309 e. The van der Waals surface area contributed by atoms with E-state index >= 15 is 0 Å². The number of carbonyl (C=O) groups is 3. The van der Waals surface area contributed by atoms with Gasteiger partial charge in [0.2, 0.25) is 0 Å². The summed E-state index contributed by atoms with van der Waals surface area (Å²) in [5, 5.41) is 29.2. The van der Waals surface area contributed by atoms with Crippen molar-refractivity contribution < 1.29 is 34.2 Å². The zero-order valence-electron chi connectivity index (χ0n) is 22.9. The molecule has 0 aliphatic heterocycles. The quantitative estimate of drug-likeness (QED) is 0.0829. The van der Waals surface area contributed by atoms with E-state index in [9.17, 15) is 19.5 Å². The molecule has 0 atom stereocenters. The van der Waals surface area contributed by atoms with Gasteiger partial charge in [-0.1, -0.05) is 103 Å². The molecule has 0 spiro atoms. The van der Waals surface area contributed by atoms with Gasteiger partial charge in [-0.3, -0.25) is 9.59 Å². The van der Waals surface area contributed by atoms with E-state index in [4.69, 9.17) is 10.2 Å². The van der Waals surface area contributed by atoms with Gasteiger partial charge in [0, 0.05) is 12.4 Å². The number of carboxylic acid groups (broad SMARTS) is 3. The molecular weight excluding hydrogens is 458 g/mol. The number of rotatable bonds is 27. The van der Waals surface area contributed by atoms with E-state index in [1.165, 1.54) is 89.9 Å². The fourth-order valence-corrected chi connectivity index (χ4v) is 4.65. The molecule has 0 fully saturated rings. The molecule has 0 aliphatic carbocycles. The van der Waals surface area contributed by atoms with E-state index in [0.29, 0.717) is 6.54 Å². The molecule has 0 aromatic rings. The Morgan fingerprint density at radius 3 is 1.39 bits per heavy atom. The zero-order chi connectivity index (χ0) is 26.9. The van der Waals surface area contributed by atoms with Crippen molar-refractivity contribution in [1.82, 2.24) is 0 Å². The average molecular weight is 512 g/mol. The van der Waals surface area contributed by atoms with Crippen molar-refractivity contribution >= 4 is 17.9 Å². The van der Waals surface area contributed by atoms with Gasteiger partial charge in [-0.15, -0.1) is 0 Å². The summed E-state index contributed by atoms with van der Waals surface area (Å²) < 4.78 is 0.141. The molecule has 0 aromatic carbocycles. The van der Waals surface area contributed by atoms with Crippen LogP contribution in [0.2, 0.25) is 0 Å². The molecule has 7 nitrogen and oxygen atoms in total. The van der Waals surface area contributed by atoms with Crippen molar-refractivity contribution in [3.63, 3.8) is 0 Å². The Bertz CT molecular complexity index is 559. The Labute approximate surface area is 219 Å². The lowest BCUT2D eigenvalue weighted by Crippen LogP contribution is -2.52. The SMILES string of the molecule is CCCCCCCCCCCCCCCCC/C=C/C[N+](CCC(=O)[O-])(CCC(=O)O)CCC(=O)O. The first-order valence-electron chi connectivity index (χ1n) is 14.4. The van der Waals surface area contributed by atoms with Gasteiger partial charge in [-0.2, -0.15) is 0 Å². The maximum absolute atomic E-state index is 11.1. The molecule has 0 heterocycles. The Kier molecular flexibility index (Phi) is 22.3. The first-order chi connectivity index (χ1) is 17.3. The number of carboxylic acids is 3. The standard InChI is InChI=1S/C29H53NO6/c1-2-3-4-5-6-7-8-9-10-11-12-13-14-15-16-17-18-19-23-30(24-20-27(31)32,25-21-28(33)34)26-22-29(35)36/h18-19H,2-17,20-26H2,1H3,(H2-,31,32,33,34,35,36)/b19-18+. The highest BCUT2D eigenvalue weighted by atomic mass is 16.4. The summed E-state index contributed by atoms with van der Waals surface area (Å²) in [6.07, 6.45) is 24.4. The molecule has 210 valence electrons. The molecule has 0 amide bonds. The van der Waals surface area contributed by atoms with Crippen LogP contribution >= 0.6 is 0 Å². The zero-order valence-corrected chi connectivity index (χ0v) is 22.9. The maximum atomic E-state index is 11.1. The summed E-state index contributed by atoms with van der Waals surface area (Å²) in [5.74, 6) is -3.14. The summed E-state index contributed by atoms with van der Waals surface area (Å²) in [6.45, 7) is 3.28. The molecule has 0 aliphatic rings. The van der Waals surface area contributed by atoms with E-state index in [2.05, 4.69) is 13.0 Å². The van der Waals surface area contributed by atoms with Crippen LogP contribution in [-0.4, -0.2) is 58.8 Å². The van der Waals surface area contributed by atoms with Gasteiger partial charge in [-0.05, 0) is 18.9 Å². The van der Waals surface area contributed by atoms with Crippen LogP contribution in [0.1, 0.15) is 129 Å². The van der Waals surface area contributed by atoms with E-state index in [-0.39, 0.29) is 43.4 Å². The van der Waals surface area contributed by atoms with Crippen LogP contribution in [0.4, 0.5) is 0 Å². The molecule has 7 heteroatoms. The van der Waals surface area contributed by atoms with E-state index < -0.39 is 17.9 Å². The van der Waals surface area contributed by atoms with Gasteiger partial charge in [0.15, 0.2) is 0 Å². The van der Waals surface area contributed by atoms with Crippen LogP contribution in [0.3, 0.4) is 0 Å². The lowest BCUT2D eigenvalue weighted by Gasteiger charge is -2.37. The average Bonchev–Trinajstić information content (AvgIpc) is 2.83. The number of allylic oxidation sites excluding steroid dienone is 1. The number of hydrogen-bond donors (Lipinski definition) is 2. The topological polar surface area (TPSA) is 115 Å². The van der Waals surface area contributed by atoms with Crippen molar-refractivity contribution in [2.75, 3.05) is 26.2 Å². The Balaban J connectivity index is 4.06. The van der Waals surface area contributed by atoms with Gasteiger partial charge >= 0.3 is 11.9 Å². The van der Waals surface area contributed by atoms with Gasteiger partial charge in [0.05, 0.1) is 39.0 Å². The highest BCUT2D eigenvalue weighted by molar-refractivity contribution is 5.67. The Morgan fingerprint density at radius 1 is 0.611 bits per heavy atom. The Hall–Kier alpha value is -1.89. The summed E-state index contributed by atoms with van der Waals surface area (Å²) >= 11 is 0. The fourth-order valence-electron chi connectivity index (χ4n) is 4.65. The normalized spacial score (nSPS) is 11.8. The van der Waals surface area contributed by atoms with Crippen LogP contribution < -0.4 is 5.11 Å². The third kappa shape index (κ3) is 22.6. The predicted molar refractivity (Wildman–Crippen MR) is 143 cm³/mol. The number of hydrogen-bond acceptors (Lipinski definition) is 4. The molecule has 0 rings (SSSR count). The van der Waals surface area contributed by atoms with Crippen molar-refractivity contribution in [1.29, 1.82) is 0 Å². The molecule has 0 aromatic heterocycles. The largest absolute Gasteiger partial charge is 0.550 e. The maximum Gasteiger partial charge on any atom is 0.309 e. The monoisotopic (exact) mass is 511 g/mol. The third-order valence-electron chi connectivity index (χ3n) is 7.02. The minimum atomic E-state index is -1.20. The Morgan fingerprint density at radius 2 is 1.00 bits per heavy atom. The second-order valence-electron chi connectivity index (χ2n) is 10.3. The van der Waals surface area contributed by atoms with E-state index in [1.807, 2.05) is 6.08 Å². The van der Waals surface area contributed by atoms with Crippen LogP contribution in [0.5, 0.6) is 0 Å². The van der Waals surface area contributed by atoms with Gasteiger partial charge in [0.1, 0.15) is 0 Å². The van der Waals surface area contributed by atoms with Crippen LogP contribution in [0.25, 0.3) is 0 Å². The lowest BCUT2D eigenvalue weighted by atomic mass is 10.0. The molecule has 36 heavy (non-hydrogen) atoms. The molecule has 2 N–H and O–H groups in total. The van der Waals surface area contributed by atoms with Crippen molar-refractivity contribution in [3.05, 3.63) is 12.2 Å². The molecule has 0 radical (unpaired) electrons. The molecule has 0 saturated carbocycles. The van der Waals surface area contributed by atoms with E-state index in [1.54, 1.807) is 0 Å². The minimum Gasteiger partial charge on any atom is -0.550 e. The summed E-state index contributed by atoms with van der Waals surface area (Å²) in [6, 6.07) is 0. The summed E-state index contributed by atoms with van der Waals surface area (Å²) in [4.78, 5) is 33.2. The minimum absolute atomic E-state index is 0.125. The predicted octanol–water partition coefficient (Wildman–Crippen LogP) is 5.71. The highest BCUT2D eigenvalue weighted by Crippen LogP contribution is 2.15. The molecule has 0 unspecified atom stereocenters. The number of unbranched alkanes of at least 4 members (excludes halogenated alkanes) is 15. The fraction of sp³-hybridized carbons (Fsp3) is 0.828. The van der Waals surface area contributed by atoms with Gasteiger partial charge in [-0.25, -0.2) is 0 Å².